The number of anilines is 1. The standard InChI is InChI=1S/C12H18ClNO2S/c1-2-3-10-17(15,16)14-12-6-4-11(5-7-12)8-9-13/h4-7,14H,2-3,8-10H2,1H3. The van der Waals surface area contributed by atoms with Gasteiger partial charge in [-0.3, -0.25) is 4.72 Å². The lowest BCUT2D eigenvalue weighted by molar-refractivity contribution is 0.598. The van der Waals surface area contributed by atoms with Crippen LogP contribution in [0.5, 0.6) is 0 Å². The van der Waals surface area contributed by atoms with Gasteiger partial charge in [0.25, 0.3) is 0 Å². The predicted molar refractivity (Wildman–Crippen MR) is 73.2 cm³/mol. The minimum Gasteiger partial charge on any atom is -0.284 e. The highest BCUT2D eigenvalue weighted by atomic mass is 35.5. The molecular formula is C12H18ClNO2S. The van der Waals surface area contributed by atoms with E-state index in [0.717, 1.165) is 18.4 Å². The van der Waals surface area contributed by atoms with Crippen LogP contribution in [0.3, 0.4) is 0 Å². The van der Waals surface area contributed by atoms with Gasteiger partial charge in [0.15, 0.2) is 0 Å². The van der Waals surface area contributed by atoms with Crippen molar-refractivity contribution in [3.05, 3.63) is 29.8 Å². The number of sulfonamides is 1. The molecule has 17 heavy (non-hydrogen) atoms. The summed E-state index contributed by atoms with van der Waals surface area (Å²) >= 11 is 5.63. The molecule has 5 heteroatoms. The summed E-state index contributed by atoms with van der Waals surface area (Å²) in [4.78, 5) is 0. The molecule has 1 N–H and O–H groups in total. The Hall–Kier alpha value is -0.740. The normalized spacial score (nSPS) is 11.4. The fourth-order valence-electron chi connectivity index (χ4n) is 1.41. The highest BCUT2D eigenvalue weighted by Gasteiger charge is 2.08. The zero-order valence-corrected chi connectivity index (χ0v) is 11.5. The van der Waals surface area contributed by atoms with E-state index in [0.29, 0.717) is 18.0 Å². The van der Waals surface area contributed by atoms with Crippen LogP contribution in [-0.2, 0) is 16.4 Å². The van der Waals surface area contributed by atoms with E-state index in [2.05, 4.69) is 4.72 Å². The van der Waals surface area contributed by atoms with Crippen LogP contribution in [0, 0.1) is 0 Å². The van der Waals surface area contributed by atoms with Crippen molar-refractivity contribution in [1.29, 1.82) is 0 Å². The molecule has 0 fully saturated rings. The second-order valence-corrected chi connectivity index (χ2v) is 6.13. The van der Waals surface area contributed by atoms with Gasteiger partial charge < -0.3 is 0 Å². The number of hydrogen-bond donors (Lipinski definition) is 1. The quantitative estimate of drug-likeness (QED) is 0.778. The van der Waals surface area contributed by atoms with E-state index in [1.165, 1.54) is 0 Å². The monoisotopic (exact) mass is 275 g/mol. The Bertz CT molecular complexity index is 428. The molecule has 96 valence electrons. The van der Waals surface area contributed by atoms with Crippen molar-refractivity contribution in [3.8, 4) is 0 Å². The Kier molecular flexibility index (Phi) is 5.78. The molecule has 1 aromatic rings. The van der Waals surface area contributed by atoms with Gasteiger partial charge in [-0.05, 0) is 30.5 Å². The molecule has 0 aliphatic rings. The summed E-state index contributed by atoms with van der Waals surface area (Å²) in [5, 5.41) is 0. The minimum atomic E-state index is -3.20. The van der Waals surface area contributed by atoms with Crippen LogP contribution in [0.15, 0.2) is 24.3 Å². The molecule has 1 rings (SSSR count). The molecule has 0 aliphatic carbocycles. The summed E-state index contributed by atoms with van der Waals surface area (Å²) in [5.41, 5.74) is 1.72. The van der Waals surface area contributed by atoms with Gasteiger partial charge in [0, 0.05) is 11.6 Å². The Balaban J connectivity index is 2.62. The maximum Gasteiger partial charge on any atom is 0.232 e. The van der Waals surface area contributed by atoms with Crippen LogP contribution in [0.25, 0.3) is 0 Å². The molecular weight excluding hydrogens is 258 g/mol. The molecule has 0 saturated heterocycles. The van der Waals surface area contributed by atoms with Gasteiger partial charge in [-0.25, -0.2) is 8.42 Å². The number of halogens is 1. The van der Waals surface area contributed by atoms with E-state index < -0.39 is 10.0 Å². The average molecular weight is 276 g/mol. The molecule has 0 aromatic heterocycles. The Labute approximate surface area is 108 Å². The van der Waals surface area contributed by atoms with Crippen LogP contribution >= 0.6 is 11.6 Å². The Morgan fingerprint density at radius 3 is 2.41 bits per heavy atom. The first kappa shape index (κ1) is 14.3. The number of benzene rings is 1. The number of rotatable bonds is 7. The third kappa shape index (κ3) is 5.41. The number of hydrogen-bond acceptors (Lipinski definition) is 2. The number of aryl methyl sites for hydroxylation is 1. The topological polar surface area (TPSA) is 46.2 Å². The fraction of sp³-hybridized carbons (Fsp3) is 0.500. The van der Waals surface area contributed by atoms with Gasteiger partial charge in [0.2, 0.25) is 10.0 Å². The van der Waals surface area contributed by atoms with Crippen LogP contribution in [0.2, 0.25) is 0 Å². The summed E-state index contributed by atoms with van der Waals surface area (Å²) < 4.78 is 25.8. The lowest BCUT2D eigenvalue weighted by Crippen LogP contribution is -2.16. The zero-order chi connectivity index (χ0) is 12.7. The Morgan fingerprint density at radius 2 is 1.88 bits per heavy atom. The lowest BCUT2D eigenvalue weighted by atomic mass is 10.2. The van der Waals surface area contributed by atoms with Crippen LogP contribution in [-0.4, -0.2) is 20.1 Å². The van der Waals surface area contributed by atoms with Gasteiger partial charge in [0.05, 0.1) is 5.75 Å². The van der Waals surface area contributed by atoms with E-state index in [4.69, 9.17) is 11.6 Å². The summed E-state index contributed by atoms with van der Waals surface area (Å²) in [6, 6.07) is 7.32. The van der Waals surface area contributed by atoms with E-state index in [1.807, 2.05) is 19.1 Å². The smallest absolute Gasteiger partial charge is 0.232 e. The molecule has 0 spiro atoms. The van der Waals surface area contributed by atoms with E-state index >= 15 is 0 Å². The number of alkyl halides is 1. The third-order valence-electron chi connectivity index (χ3n) is 2.38. The van der Waals surface area contributed by atoms with Gasteiger partial charge in [-0.15, -0.1) is 11.6 Å². The van der Waals surface area contributed by atoms with Crippen molar-refractivity contribution in [1.82, 2.24) is 0 Å². The molecule has 0 amide bonds. The maximum atomic E-state index is 11.6. The Morgan fingerprint density at radius 1 is 1.24 bits per heavy atom. The zero-order valence-electron chi connectivity index (χ0n) is 9.95. The first-order valence-corrected chi connectivity index (χ1v) is 7.91. The molecule has 0 radical (unpaired) electrons. The molecule has 0 heterocycles. The van der Waals surface area contributed by atoms with E-state index in [1.54, 1.807) is 12.1 Å². The first-order valence-electron chi connectivity index (χ1n) is 5.73. The highest BCUT2D eigenvalue weighted by molar-refractivity contribution is 7.92. The maximum absolute atomic E-state index is 11.6. The van der Waals surface area contributed by atoms with E-state index in [9.17, 15) is 8.42 Å². The molecule has 0 atom stereocenters. The average Bonchev–Trinajstić information content (AvgIpc) is 2.29. The van der Waals surface area contributed by atoms with Crippen molar-refractivity contribution in [2.75, 3.05) is 16.4 Å². The summed E-state index contributed by atoms with van der Waals surface area (Å²) in [5.74, 6) is 0.745. The third-order valence-corrected chi connectivity index (χ3v) is 3.94. The molecule has 0 saturated carbocycles. The second kappa shape index (κ2) is 6.87. The van der Waals surface area contributed by atoms with Gasteiger partial charge in [0.1, 0.15) is 0 Å². The lowest BCUT2D eigenvalue weighted by Gasteiger charge is -2.08. The number of nitrogens with one attached hydrogen (secondary N) is 1. The van der Waals surface area contributed by atoms with Gasteiger partial charge >= 0.3 is 0 Å². The van der Waals surface area contributed by atoms with Gasteiger partial charge in [-0.1, -0.05) is 25.5 Å². The molecule has 1 aromatic carbocycles. The first-order chi connectivity index (χ1) is 8.07. The van der Waals surface area contributed by atoms with Crippen molar-refractivity contribution in [3.63, 3.8) is 0 Å². The van der Waals surface area contributed by atoms with Crippen molar-refractivity contribution in [2.45, 2.75) is 26.2 Å². The fourth-order valence-corrected chi connectivity index (χ4v) is 2.90. The largest absolute Gasteiger partial charge is 0.284 e. The molecule has 0 bridgehead atoms. The van der Waals surface area contributed by atoms with Crippen molar-refractivity contribution in [2.24, 2.45) is 0 Å². The van der Waals surface area contributed by atoms with Crippen LogP contribution in [0.4, 0.5) is 5.69 Å². The second-order valence-electron chi connectivity index (χ2n) is 3.91. The predicted octanol–water partition coefficient (Wildman–Crippen LogP) is 3.01. The van der Waals surface area contributed by atoms with Gasteiger partial charge in [-0.2, -0.15) is 0 Å². The molecule has 3 nitrogen and oxygen atoms in total. The summed E-state index contributed by atoms with van der Waals surface area (Å²) in [6.07, 6.45) is 2.35. The van der Waals surface area contributed by atoms with E-state index in [-0.39, 0.29) is 5.75 Å². The summed E-state index contributed by atoms with van der Waals surface area (Å²) in [6.45, 7) is 1.97. The number of unbranched alkanes of at least 4 members (excludes halogenated alkanes) is 1. The van der Waals surface area contributed by atoms with Crippen LogP contribution in [0.1, 0.15) is 25.3 Å². The minimum absolute atomic E-state index is 0.174. The molecule has 0 aliphatic heterocycles. The molecule has 0 unspecified atom stereocenters. The van der Waals surface area contributed by atoms with Crippen LogP contribution < -0.4 is 4.72 Å². The highest BCUT2D eigenvalue weighted by Crippen LogP contribution is 2.12. The summed E-state index contributed by atoms with van der Waals surface area (Å²) in [7, 11) is -3.20. The van der Waals surface area contributed by atoms with Crippen molar-refractivity contribution < 1.29 is 8.42 Å². The SMILES string of the molecule is CCCCS(=O)(=O)Nc1ccc(CCCl)cc1. The van der Waals surface area contributed by atoms with Crippen molar-refractivity contribution >= 4 is 27.3 Å².